The monoisotopic (exact) mass is 607 g/mol. The van der Waals surface area contributed by atoms with Crippen molar-refractivity contribution >= 4 is 24.1 Å². The molecule has 0 saturated heterocycles. The van der Waals surface area contributed by atoms with Crippen molar-refractivity contribution < 1.29 is 23.9 Å². The molecule has 0 aliphatic rings. The van der Waals surface area contributed by atoms with Crippen LogP contribution in [0.3, 0.4) is 0 Å². The second kappa shape index (κ2) is 13.7. The summed E-state index contributed by atoms with van der Waals surface area (Å²) in [6.45, 7) is 0. The van der Waals surface area contributed by atoms with Crippen LogP contribution in [0, 0.1) is 0 Å². The molecule has 0 aliphatic heterocycles. The van der Waals surface area contributed by atoms with Crippen molar-refractivity contribution in [3.63, 3.8) is 0 Å². The standard InChI is InChI=1S/C36H25N5O5/c42-34(32-38-33(26-13-5-1-6-14-26)41(40-32)29-19-11-4-12-20-29)39-37-24-25-21-22-30(45-35(43)27-15-7-2-8-16-27)31(23-25)46-36(44)28-17-9-3-10-18-28/h1-24H,(H,39,42)/b37-24+. The molecule has 0 radical (unpaired) electrons. The molecule has 10 heteroatoms. The molecule has 10 nitrogen and oxygen atoms in total. The van der Waals surface area contributed by atoms with Gasteiger partial charge in [0.25, 0.3) is 0 Å². The molecule has 5 aromatic carbocycles. The van der Waals surface area contributed by atoms with Crippen molar-refractivity contribution in [1.82, 2.24) is 20.2 Å². The summed E-state index contributed by atoms with van der Waals surface area (Å²) in [6, 6.07) is 40.2. The van der Waals surface area contributed by atoms with Gasteiger partial charge in [-0.25, -0.2) is 24.7 Å². The summed E-state index contributed by atoms with van der Waals surface area (Å²) >= 11 is 0. The number of esters is 2. The Morgan fingerprint density at radius 2 is 1.20 bits per heavy atom. The van der Waals surface area contributed by atoms with E-state index in [0.717, 1.165) is 11.3 Å². The largest absolute Gasteiger partial charge is 0.419 e. The number of nitrogens with one attached hydrogen (secondary N) is 1. The van der Waals surface area contributed by atoms with Gasteiger partial charge in [0.05, 0.1) is 23.0 Å². The Hall–Kier alpha value is -6.68. The van der Waals surface area contributed by atoms with Crippen LogP contribution in [0.1, 0.15) is 36.9 Å². The van der Waals surface area contributed by atoms with Gasteiger partial charge in [-0.1, -0.05) is 84.9 Å². The molecule has 0 aliphatic carbocycles. The van der Waals surface area contributed by atoms with Gasteiger partial charge in [-0.3, -0.25) is 4.79 Å². The number of carbonyl (C=O) groups excluding carboxylic acids is 3. The minimum Gasteiger partial charge on any atom is -0.419 e. The highest BCUT2D eigenvalue weighted by Gasteiger charge is 2.19. The molecule has 224 valence electrons. The highest BCUT2D eigenvalue weighted by atomic mass is 16.6. The normalized spacial score (nSPS) is 10.8. The number of benzene rings is 5. The van der Waals surface area contributed by atoms with E-state index in [4.69, 9.17) is 9.47 Å². The summed E-state index contributed by atoms with van der Waals surface area (Å²) in [5.41, 5.74) is 5.05. The number of rotatable bonds is 9. The summed E-state index contributed by atoms with van der Waals surface area (Å²) in [5.74, 6) is -1.47. The lowest BCUT2D eigenvalue weighted by molar-refractivity contribution is 0.0682. The molecule has 1 heterocycles. The molecular formula is C36H25N5O5. The first kappa shape index (κ1) is 29.4. The molecular weight excluding hydrogens is 582 g/mol. The van der Waals surface area contributed by atoms with Crippen molar-refractivity contribution in [2.45, 2.75) is 0 Å². The first-order chi connectivity index (χ1) is 22.5. The third kappa shape index (κ3) is 6.92. The number of aromatic nitrogens is 3. The van der Waals surface area contributed by atoms with E-state index in [1.807, 2.05) is 60.7 Å². The van der Waals surface area contributed by atoms with E-state index in [2.05, 4.69) is 20.6 Å². The van der Waals surface area contributed by atoms with Crippen LogP contribution in [0.5, 0.6) is 11.5 Å². The number of carbonyl (C=O) groups is 3. The van der Waals surface area contributed by atoms with E-state index in [9.17, 15) is 14.4 Å². The zero-order chi connectivity index (χ0) is 31.7. The second-order valence-electron chi connectivity index (χ2n) is 9.79. The fourth-order valence-electron chi connectivity index (χ4n) is 4.38. The summed E-state index contributed by atoms with van der Waals surface area (Å²) in [5, 5.41) is 8.49. The lowest BCUT2D eigenvalue weighted by Gasteiger charge is -2.11. The van der Waals surface area contributed by atoms with Crippen LogP contribution in [-0.4, -0.2) is 38.8 Å². The number of nitrogens with zero attached hydrogens (tertiary/aromatic N) is 4. The highest BCUT2D eigenvalue weighted by Crippen LogP contribution is 2.30. The topological polar surface area (TPSA) is 125 Å². The average molecular weight is 608 g/mol. The van der Waals surface area contributed by atoms with Gasteiger partial charge in [-0.2, -0.15) is 5.10 Å². The van der Waals surface area contributed by atoms with E-state index < -0.39 is 17.8 Å². The molecule has 0 bridgehead atoms. The molecule has 0 atom stereocenters. The van der Waals surface area contributed by atoms with E-state index >= 15 is 0 Å². The summed E-state index contributed by atoms with van der Waals surface area (Å²) in [7, 11) is 0. The molecule has 1 N–H and O–H groups in total. The van der Waals surface area contributed by atoms with Crippen LogP contribution < -0.4 is 14.9 Å². The fraction of sp³-hybridized carbons (Fsp3) is 0. The smallest absolute Gasteiger partial charge is 0.343 e. The van der Waals surface area contributed by atoms with Crippen LogP contribution in [0.2, 0.25) is 0 Å². The third-order valence-corrected chi connectivity index (χ3v) is 6.61. The Morgan fingerprint density at radius 1 is 0.652 bits per heavy atom. The molecule has 0 saturated carbocycles. The lowest BCUT2D eigenvalue weighted by atomic mass is 10.2. The van der Waals surface area contributed by atoms with Crippen molar-refractivity contribution in [2.24, 2.45) is 5.10 Å². The van der Waals surface area contributed by atoms with E-state index in [0.29, 0.717) is 22.5 Å². The summed E-state index contributed by atoms with van der Waals surface area (Å²) in [4.78, 5) is 43.1. The number of ether oxygens (including phenoxy) is 2. The van der Waals surface area contributed by atoms with Crippen molar-refractivity contribution in [1.29, 1.82) is 0 Å². The second-order valence-corrected chi connectivity index (χ2v) is 9.79. The van der Waals surface area contributed by atoms with Crippen LogP contribution >= 0.6 is 0 Å². The lowest BCUT2D eigenvalue weighted by Crippen LogP contribution is -2.19. The number of hydrazone groups is 1. The van der Waals surface area contributed by atoms with Gasteiger partial charge in [0.1, 0.15) is 0 Å². The maximum atomic E-state index is 13.1. The molecule has 0 unspecified atom stereocenters. The first-order valence-electron chi connectivity index (χ1n) is 14.1. The Morgan fingerprint density at radius 3 is 1.80 bits per heavy atom. The van der Waals surface area contributed by atoms with Gasteiger partial charge in [-0.05, 0) is 60.2 Å². The Kier molecular flexibility index (Phi) is 8.78. The molecule has 6 rings (SSSR count). The minimum atomic E-state index is -0.644. The predicted molar refractivity (Wildman–Crippen MR) is 171 cm³/mol. The van der Waals surface area contributed by atoms with E-state index in [1.54, 1.807) is 71.4 Å². The van der Waals surface area contributed by atoms with Crippen LogP contribution in [0.15, 0.2) is 145 Å². The first-order valence-corrected chi connectivity index (χ1v) is 14.1. The van der Waals surface area contributed by atoms with Gasteiger partial charge < -0.3 is 9.47 Å². The fourth-order valence-corrected chi connectivity index (χ4v) is 4.38. The van der Waals surface area contributed by atoms with Gasteiger partial charge >= 0.3 is 17.8 Å². The third-order valence-electron chi connectivity index (χ3n) is 6.61. The van der Waals surface area contributed by atoms with Crippen molar-refractivity contribution in [3.8, 4) is 28.6 Å². The zero-order valence-electron chi connectivity index (χ0n) is 24.2. The van der Waals surface area contributed by atoms with Gasteiger partial charge in [0.15, 0.2) is 17.3 Å². The number of amides is 1. The molecule has 46 heavy (non-hydrogen) atoms. The molecule has 1 amide bonds. The number of hydrogen-bond acceptors (Lipinski definition) is 8. The Balaban J connectivity index is 1.23. The minimum absolute atomic E-state index is 0.0100. The number of hydrogen-bond donors (Lipinski definition) is 1. The maximum Gasteiger partial charge on any atom is 0.343 e. The van der Waals surface area contributed by atoms with Crippen LogP contribution in [0.4, 0.5) is 0 Å². The van der Waals surface area contributed by atoms with E-state index in [1.165, 1.54) is 18.3 Å². The SMILES string of the molecule is O=C(Oc1ccc(/C=N/NC(=O)c2nc(-c3ccccc3)n(-c3ccccc3)n2)cc1OC(=O)c1ccccc1)c1ccccc1. The van der Waals surface area contributed by atoms with Crippen molar-refractivity contribution in [3.05, 3.63) is 162 Å². The van der Waals surface area contributed by atoms with Gasteiger partial charge in [-0.15, -0.1) is 5.10 Å². The summed E-state index contributed by atoms with van der Waals surface area (Å²) in [6.07, 6.45) is 1.35. The molecule has 1 aromatic heterocycles. The molecule has 0 spiro atoms. The van der Waals surface area contributed by atoms with Crippen LogP contribution in [-0.2, 0) is 0 Å². The molecule has 0 fully saturated rings. The van der Waals surface area contributed by atoms with E-state index in [-0.39, 0.29) is 17.3 Å². The maximum absolute atomic E-state index is 13.1. The Labute approximate surface area is 263 Å². The summed E-state index contributed by atoms with van der Waals surface area (Å²) < 4.78 is 12.8. The quantitative estimate of drug-likeness (QED) is 0.0906. The highest BCUT2D eigenvalue weighted by molar-refractivity contribution is 5.94. The Bertz CT molecular complexity index is 1960. The molecule has 6 aromatic rings. The number of para-hydroxylation sites is 1. The van der Waals surface area contributed by atoms with Crippen LogP contribution in [0.25, 0.3) is 17.1 Å². The predicted octanol–water partition coefficient (Wildman–Crippen LogP) is 6.14. The average Bonchev–Trinajstić information content (AvgIpc) is 3.57. The van der Waals surface area contributed by atoms with Crippen molar-refractivity contribution in [2.75, 3.05) is 0 Å². The van der Waals surface area contributed by atoms with Gasteiger partial charge in [0, 0.05) is 5.56 Å². The zero-order valence-corrected chi connectivity index (χ0v) is 24.2. The van der Waals surface area contributed by atoms with Gasteiger partial charge in [0.2, 0.25) is 5.82 Å².